The number of hydrogen-bond donors (Lipinski definition) is 0. The third-order valence-corrected chi connectivity index (χ3v) is 4.62. The van der Waals surface area contributed by atoms with E-state index in [0.29, 0.717) is 0 Å². The number of rotatable bonds is 1. The van der Waals surface area contributed by atoms with E-state index in [4.69, 9.17) is 11.6 Å². The molecule has 0 aliphatic rings. The van der Waals surface area contributed by atoms with E-state index in [-0.39, 0.29) is 0 Å². The largest absolute Gasteiger partial charge is 0.117 e. The Labute approximate surface area is 112 Å². The second-order valence-corrected chi connectivity index (χ2v) is 7.05. The Balaban J connectivity index is 2.59. The van der Waals surface area contributed by atoms with Gasteiger partial charge in [0.15, 0.2) is 0 Å². The number of thiophene rings is 1. The minimum absolute atomic E-state index is 0.856. The first-order chi connectivity index (χ1) is 7.08. The van der Waals surface area contributed by atoms with E-state index in [2.05, 4.69) is 54.6 Å². The molecule has 1 aromatic heterocycles. The van der Waals surface area contributed by atoms with Crippen molar-refractivity contribution in [1.29, 1.82) is 0 Å². The molecule has 0 aliphatic carbocycles. The zero-order valence-electron chi connectivity index (χ0n) is 8.47. The lowest BCUT2D eigenvalue weighted by atomic mass is 10.0. The first kappa shape index (κ1) is 11.4. The smallest absolute Gasteiger partial charge is 0.0946 e. The second-order valence-electron chi connectivity index (χ2n) is 3.56. The molecule has 2 rings (SSSR count). The fourth-order valence-corrected chi connectivity index (χ4v) is 4.16. The molecule has 0 saturated heterocycles. The molecule has 0 radical (unpaired) electrons. The molecule has 15 heavy (non-hydrogen) atoms. The third-order valence-electron chi connectivity index (χ3n) is 2.33. The van der Waals surface area contributed by atoms with Gasteiger partial charge in [-0.15, -0.1) is 11.3 Å². The third kappa shape index (κ3) is 2.37. The Morgan fingerprint density at radius 2 is 1.87 bits per heavy atom. The van der Waals surface area contributed by atoms with E-state index < -0.39 is 0 Å². The number of aryl methyl sites for hydroxylation is 2. The van der Waals surface area contributed by atoms with Gasteiger partial charge in [0.25, 0.3) is 0 Å². The van der Waals surface area contributed by atoms with Gasteiger partial charge in [-0.1, -0.05) is 35.4 Å². The molecule has 0 unspecified atom stereocenters. The average Bonchev–Trinajstić information content (AvgIpc) is 2.45. The van der Waals surface area contributed by atoms with Crippen molar-refractivity contribution in [2.45, 2.75) is 13.8 Å². The summed E-state index contributed by atoms with van der Waals surface area (Å²) < 4.78 is 2.11. The van der Waals surface area contributed by atoms with Crippen LogP contribution in [-0.4, -0.2) is 0 Å². The fraction of sp³-hybridized carbons (Fsp3) is 0.167. The van der Waals surface area contributed by atoms with Crippen LogP contribution in [-0.2, 0) is 0 Å². The summed E-state index contributed by atoms with van der Waals surface area (Å²) in [5.41, 5.74) is 5.14. The average molecular weight is 349 g/mol. The minimum Gasteiger partial charge on any atom is -0.117 e. The van der Waals surface area contributed by atoms with Crippen LogP contribution in [0.5, 0.6) is 0 Å². The lowest BCUT2D eigenvalue weighted by Gasteiger charge is -2.05. The van der Waals surface area contributed by atoms with Gasteiger partial charge in [0, 0.05) is 5.56 Å². The van der Waals surface area contributed by atoms with Crippen molar-refractivity contribution in [2.24, 2.45) is 0 Å². The summed E-state index contributed by atoms with van der Waals surface area (Å²) in [4.78, 5) is 0. The van der Waals surface area contributed by atoms with Crippen molar-refractivity contribution in [3.63, 3.8) is 0 Å². The van der Waals surface area contributed by atoms with E-state index in [1.165, 1.54) is 25.1 Å². The van der Waals surface area contributed by atoms with Crippen molar-refractivity contribution < 1.29 is 0 Å². The summed E-state index contributed by atoms with van der Waals surface area (Å²) >= 11 is 9.99. The molecule has 1 aromatic carbocycles. The van der Waals surface area contributed by atoms with Crippen LogP contribution in [0.15, 0.2) is 24.3 Å². The predicted molar refractivity (Wildman–Crippen MR) is 77.0 cm³/mol. The zero-order chi connectivity index (χ0) is 11.0. The fourth-order valence-electron chi connectivity index (χ4n) is 1.64. The predicted octanol–water partition coefficient (Wildman–Crippen LogP) is 5.29. The Morgan fingerprint density at radius 3 is 2.40 bits per heavy atom. The lowest BCUT2D eigenvalue weighted by Crippen LogP contribution is -1.83. The zero-order valence-corrected chi connectivity index (χ0v) is 12.2. The van der Waals surface area contributed by atoms with Crippen molar-refractivity contribution in [3.8, 4) is 11.1 Å². The Morgan fingerprint density at radius 1 is 1.13 bits per heavy atom. The van der Waals surface area contributed by atoms with Crippen LogP contribution in [0.25, 0.3) is 11.1 Å². The molecule has 3 heteroatoms. The molecule has 0 nitrogen and oxygen atoms in total. The monoisotopic (exact) mass is 348 g/mol. The van der Waals surface area contributed by atoms with Gasteiger partial charge in [-0.25, -0.2) is 0 Å². The summed E-state index contributed by atoms with van der Waals surface area (Å²) in [5.74, 6) is 0. The van der Waals surface area contributed by atoms with Crippen LogP contribution in [0, 0.1) is 16.7 Å². The first-order valence-electron chi connectivity index (χ1n) is 4.60. The van der Waals surface area contributed by atoms with E-state index in [1.54, 1.807) is 11.3 Å². The minimum atomic E-state index is 0.856. The van der Waals surface area contributed by atoms with Crippen LogP contribution in [0.3, 0.4) is 0 Å². The quantitative estimate of drug-likeness (QED) is 0.614. The van der Waals surface area contributed by atoms with Crippen molar-refractivity contribution in [3.05, 3.63) is 42.6 Å². The van der Waals surface area contributed by atoms with Gasteiger partial charge in [-0.3, -0.25) is 0 Å². The highest BCUT2D eigenvalue weighted by atomic mass is 127. The van der Waals surface area contributed by atoms with Gasteiger partial charge in [-0.2, -0.15) is 0 Å². The number of benzene rings is 1. The SMILES string of the molecule is Cc1ccc(-c2cc(Cl)sc2I)c(C)c1. The molecule has 0 amide bonds. The van der Waals surface area contributed by atoms with Gasteiger partial charge in [-0.05, 0) is 53.6 Å². The molecule has 2 aromatic rings. The van der Waals surface area contributed by atoms with E-state index in [0.717, 1.165) is 4.34 Å². The number of halogens is 2. The summed E-state index contributed by atoms with van der Waals surface area (Å²) in [5, 5.41) is 0. The van der Waals surface area contributed by atoms with Crippen LogP contribution >= 0.6 is 45.5 Å². The molecule has 1 heterocycles. The van der Waals surface area contributed by atoms with Crippen LogP contribution in [0.4, 0.5) is 0 Å². The summed E-state index contributed by atoms with van der Waals surface area (Å²) in [6.07, 6.45) is 0. The van der Waals surface area contributed by atoms with Crippen molar-refractivity contribution in [2.75, 3.05) is 0 Å². The molecular formula is C12H10ClIS. The topological polar surface area (TPSA) is 0 Å². The van der Waals surface area contributed by atoms with E-state index in [9.17, 15) is 0 Å². The highest BCUT2D eigenvalue weighted by Gasteiger charge is 2.09. The van der Waals surface area contributed by atoms with Gasteiger partial charge in [0.1, 0.15) is 0 Å². The maximum Gasteiger partial charge on any atom is 0.0946 e. The van der Waals surface area contributed by atoms with Gasteiger partial charge >= 0.3 is 0 Å². The molecule has 0 fully saturated rings. The van der Waals surface area contributed by atoms with Crippen molar-refractivity contribution >= 4 is 45.5 Å². The van der Waals surface area contributed by atoms with Crippen LogP contribution in [0.1, 0.15) is 11.1 Å². The standard InChI is InChI=1S/C12H10ClIS/c1-7-3-4-9(8(2)5-7)10-6-11(13)15-12(10)14/h3-6H,1-2H3. The lowest BCUT2D eigenvalue weighted by molar-refractivity contribution is 1.38. The van der Waals surface area contributed by atoms with E-state index in [1.807, 2.05) is 6.07 Å². The van der Waals surface area contributed by atoms with E-state index >= 15 is 0 Å². The van der Waals surface area contributed by atoms with Crippen LogP contribution in [0.2, 0.25) is 4.34 Å². The molecule has 0 atom stereocenters. The Kier molecular flexibility index (Phi) is 3.38. The maximum atomic E-state index is 6.01. The van der Waals surface area contributed by atoms with Crippen LogP contribution < -0.4 is 0 Å². The first-order valence-corrected chi connectivity index (χ1v) is 6.87. The van der Waals surface area contributed by atoms with Gasteiger partial charge in [0.05, 0.1) is 7.22 Å². The molecule has 0 saturated carbocycles. The molecule has 0 aliphatic heterocycles. The molecule has 78 valence electrons. The molecule has 0 bridgehead atoms. The Bertz CT molecular complexity index is 502. The van der Waals surface area contributed by atoms with Crippen molar-refractivity contribution in [1.82, 2.24) is 0 Å². The Hall–Kier alpha value is -0.0600. The summed E-state index contributed by atoms with van der Waals surface area (Å²) in [6, 6.07) is 8.57. The summed E-state index contributed by atoms with van der Waals surface area (Å²) in [7, 11) is 0. The normalized spacial score (nSPS) is 10.7. The van der Waals surface area contributed by atoms with Gasteiger partial charge < -0.3 is 0 Å². The molecule has 0 N–H and O–H groups in total. The molecule has 0 spiro atoms. The number of hydrogen-bond acceptors (Lipinski definition) is 1. The molecular weight excluding hydrogens is 339 g/mol. The maximum absolute atomic E-state index is 6.01. The highest BCUT2D eigenvalue weighted by molar-refractivity contribution is 14.1. The van der Waals surface area contributed by atoms with Gasteiger partial charge in [0.2, 0.25) is 0 Å². The second kappa shape index (κ2) is 4.44. The highest BCUT2D eigenvalue weighted by Crippen LogP contribution is 2.36. The summed E-state index contributed by atoms with van der Waals surface area (Å²) in [6.45, 7) is 4.26.